The first kappa shape index (κ1) is 27.7. The van der Waals surface area contributed by atoms with Gasteiger partial charge in [-0.05, 0) is 48.5 Å². The van der Waals surface area contributed by atoms with Crippen LogP contribution < -0.4 is 0 Å². The Labute approximate surface area is 246 Å². The second-order valence-corrected chi connectivity index (χ2v) is 9.54. The number of rotatable bonds is 9. The number of nitro benzene ring substituents is 2. The van der Waals surface area contributed by atoms with Crippen molar-refractivity contribution in [2.45, 2.75) is 12.2 Å². The van der Waals surface area contributed by atoms with E-state index < -0.39 is 34.0 Å². The molecular weight excluding hydrogens is 572 g/mol. The van der Waals surface area contributed by atoms with E-state index in [1.807, 2.05) is 0 Å². The lowest BCUT2D eigenvalue weighted by Crippen LogP contribution is -2.25. The van der Waals surface area contributed by atoms with Gasteiger partial charge in [-0.2, -0.15) is 0 Å². The van der Waals surface area contributed by atoms with Gasteiger partial charge in [-0.3, -0.25) is 20.2 Å². The Kier molecular flexibility index (Phi) is 7.21. The normalized spacial score (nSPS) is 12.5. The van der Waals surface area contributed by atoms with Crippen molar-refractivity contribution < 1.29 is 28.9 Å². The second-order valence-electron chi connectivity index (χ2n) is 9.54. The zero-order valence-electron chi connectivity index (χ0n) is 22.4. The SMILES string of the molecule is O=C(O[C@H](c1nc2ccccc2[nH]1)[C@H](OC(=O)c1ccc([N+](=O)[O-])cc1)c1nc2ccccc2[nH]1)c1ccc([N+](=O)[O-])cc1. The maximum atomic E-state index is 13.4. The van der Waals surface area contributed by atoms with Crippen LogP contribution in [-0.2, 0) is 9.47 Å². The fourth-order valence-electron chi connectivity index (χ4n) is 4.54. The van der Waals surface area contributed by atoms with Crippen LogP contribution >= 0.6 is 0 Å². The van der Waals surface area contributed by atoms with Crippen LogP contribution in [0.4, 0.5) is 11.4 Å². The number of non-ortho nitro benzene ring substituents is 2. The van der Waals surface area contributed by atoms with Gasteiger partial charge >= 0.3 is 11.9 Å². The summed E-state index contributed by atoms with van der Waals surface area (Å²) in [6, 6.07) is 23.8. The highest BCUT2D eigenvalue weighted by Gasteiger charge is 2.37. The summed E-state index contributed by atoms with van der Waals surface area (Å²) in [6.07, 6.45) is -2.79. The first-order chi connectivity index (χ1) is 21.3. The quantitative estimate of drug-likeness (QED) is 0.118. The molecule has 0 spiro atoms. The predicted molar refractivity (Wildman–Crippen MR) is 155 cm³/mol. The standard InChI is InChI=1S/C30H20N6O8/c37-29(17-9-13-19(14-10-17)35(39)40)43-25(27-31-21-5-1-2-6-22(21)32-27)26(28-33-23-7-3-4-8-24(23)34-28)44-30(38)18-11-15-20(16-12-18)36(41)42/h1-16,25-26H,(H,31,32)(H,33,34)/t25-,26-/m0/s1. The summed E-state index contributed by atoms with van der Waals surface area (Å²) >= 11 is 0. The number of esters is 2. The summed E-state index contributed by atoms with van der Waals surface area (Å²) in [6.45, 7) is 0. The number of nitrogens with zero attached hydrogens (tertiary/aromatic N) is 4. The number of fused-ring (bicyclic) bond motifs is 2. The van der Waals surface area contributed by atoms with E-state index in [9.17, 15) is 29.8 Å². The van der Waals surface area contributed by atoms with Crippen molar-refractivity contribution in [2.24, 2.45) is 0 Å². The highest BCUT2D eigenvalue weighted by molar-refractivity contribution is 5.91. The van der Waals surface area contributed by atoms with Gasteiger partial charge in [0.15, 0.2) is 11.6 Å². The number of para-hydroxylation sites is 4. The van der Waals surface area contributed by atoms with Crippen LogP contribution in [0.2, 0.25) is 0 Å². The Bertz CT molecular complexity index is 1820. The highest BCUT2D eigenvalue weighted by Crippen LogP contribution is 2.36. The molecule has 0 aliphatic carbocycles. The third kappa shape index (κ3) is 5.54. The molecular formula is C30H20N6O8. The van der Waals surface area contributed by atoms with Crippen LogP contribution in [0.1, 0.15) is 44.6 Å². The second kappa shape index (κ2) is 11.4. The monoisotopic (exact) mass is 592 g/mol. The van der Waals surface area contributed by atoms with E-state index in [2.05, 4.69) is 19.9 Å². The van der Waals surface area contributed by atoms with Crippen LogP contribution in [0.15, 0.2) is 97.1 Å². The predicted octanol–water partition coefficient (Wildman–Crippen LogP) is 5.75. The van der Waals surface area contributed by atoms with E-state index in [-0.39, 0.29) is 34.2 Å². The minimum absolute atomic E-state index is 0.00163. The number of hydrogen-bond acceptors (Lipinski definition) is 10. The Hall–Kier alpha value is -6.44. The highest BCUT2D eigenvalue weighted by atomic mass is 16.6. The Morgan fingerprint density at radius 3 is 1.30 bits per heavy atom. The zero-order valence-corrected chi connectivity index (χ0v) is 22.4. The van der Waals surface area contributed by atoms with Gasteiger partial charge in [-0.1, -0.05) is 24.3 Å². The fraction of sp³-hybridized carbons (Fsp3) is 0.0667. The maximum Gasteiger partial charge on any atom is 0.339 e. The van der Waals surface area contributed by atoms with Crippen LogP contribution in [0.3, 0.4) is 0 Å². The number of H-pyrrole nitrogens is 2. The molecule has 0 aliphatic heterocycles. The number of nitrogens with one attached hydrogen (secondary N) is 2. The molecule has 0 fully saturated rings. The minimum atomic E-state index is -1.40. The van der Waals surface area contributed by atoms with E-state index in [0.29, 0.717) is 22.1 Å². The molecule has 44 heavy (non-hydrogen) atoms. The van der Waals surface area contributed by atoms with Gasteiger partial charge in [0.2, 0.25) is 12.2 Å². The summed E-state index contributed by atoms with van der Waals surface area (Å²) in [7, 11) is 0. The number of benzene rings is 4. The van der Waals surface area contributed by atoms with E-state index in [1.165, 1.54) is 24.3 Å². The molecule has 4 aromatic carbocycles. The number of ether oxygens (including phenoxy) is 2. The average Bonchev–Trinajstić information content (AvgIpc) is 3.67. The summed E-state index contributed by atoms with van der Waals surface area (Å²) in [4.78, 5) is 63.2. The Morgan fingerprint density at radius 2 is 0.955 bits per heavy atom. The van der Waals surface area contributed by atoms with E-state index in [0.717, 1.165) is 24.3 Å². The first-order valence-corrected chi connectivity index (χ1v) is 13.1. The van der Waals surface area contributed by atoms with Gasteiger partial charge in [-0.15, -0.1) is 0 Å². The number of hydrogen-bond donors (Lipinski definition) is 2. The molecule has 0 aliphatic rings. The average molecular weight is 593 g/mol. The van der Waals surface area contributed by atoms with E-state index in [1.54, 1.807) is 48.5 Å². The summed E-state index contributed by atoms with van der Waals surface area (Å²) in [5.74, 6) is -1.50. The Morgan fingerprint density at radius 1 is 0.591 bits per heavy atom. The molecule has 14 nitrogen and oxygen atoms in total. The van der Waals surface area contributed by atoms with Crippen molar-refractivity contribution in [2.75, 3.05) is 0 Å². The number of imidazole rings is 2. The molecule has 2 heterocycles. The van der Waals surface area contributed by atoms with E-state index in [4.69, 9.17) is 9.47 Å². The van der Waals surface area contributed by atoms with Gasteiger partial charge in [0.05, 0.1) is 43.0 Å². The number of carbonyl (C=O) groups is 2. The number of aromatic nitrogens is 4. The van der Waals surface area contributed by atoms with Crippen molar-refractivity contribution >= 4 is 45.4 Å². The molecule has 2 atom stereocenters. The van der Waals surface area contributed by atoms with Crippen molar-refractivity contribution in [1.29, 1.82) is 0 Å². The van der Waals surface area contributed by atoms with Gasteiger partial charge in [-0.25, -0.2) is 19.6 Å². The lowest BCUT2D eigenvalue weighted by atomic mass is 10.1. The largest absolute Gasteiger partial charge is 0.446 e. The molecule has 0 saturated heterocycles. The van der Waals surface area contributed by atoms with Gasteiger partial charge in [0, 0.05) is 24.3 Å². The third-order valence-electron chi connectivity index (χ3n) is 6.73. The number of nitro groups is 2. The van der Waals surface area contributed by atoms with E-state index >= 15 is 0 Å². The number of carbonyl (C=O) groups excluding carboxylic acids is 2. The molecule has 2 aromatic heterocycles. The maximum absolute atomic E-state index is 13.4. The molecule has 2 N–H and O–H groups in total. The molecule has 0 radical (unpaired) electrons. The van der Waals surface area contributed by atoms with Crippen LogP contribution in [0, 0.1) is 20.2 Å². The van der Waals surface area contributed by atoms with Gasteiger partial charge in [0.1, 0.15) is 0 Å². The van der Waals surface area contributed by atoms with Crippen LogP contribution in [0.25, 0.3) is 22.1 Å². The molecule has 14 heteroatoms. The molecule has 0 unspecified atom stereocenters. The molecule has 0 saturated carbocycles. The van der Waals surface area contributed by atoms with Gasteiger partial charge < -0.3 is 19.4 Å². The first-order valence-electron chi connectivity index (χ1n) is 13.1. The van der Waals surface area contributed by atoms with Crippen molar-refractivity contribution in [3.05, 3.63) is 140 Å². The van der Waals surface area contributed by atoms with Crippen molar-refractivity contribution in [1.82, 2.24) is 19.9 Å². The molecule has 6 aromatic rings. The summed E-state index contributed by atoms with van der Waals surface area (Å²) in [5, 5.41) is 22.2. The summed E-state index contributed by atoms with van der Waals surface area (Å²) < 4.78 is 11.8. The lowest BCUT2D eigenvalue weighted by Gasteiger charge is -2.24. The minimum Gasteiger partial charge on any atom is -0.446 e. The molecule has 0 bridgehead atoms. The van der Waals surface area contributed by atoms with Gasteiger partial charge in [0.25, 0.3) is 11.4 Å². The van der Waals surface area contributed by atoms with Crippen molar-refractivity contribution in [3.8, 4) is 0 Å². The Balaban J connectivity index is 1.44. The zero-order chi connectivity index (χ0) is 30.8. The smallest absolute Gasteiger partial charge is 0.339 e. The molecule has 6 rings (SSSR count). The van der Waals surface area contributed by atoms with Crippen molar-refractivity contribution in [3.63, 3.8) is 0 Å². The fourth-order valence-corrected chi connectivity index (χ4v) is 4.54. The third-order valence-corrected chi connectivity index (χ3v) is 6.73. The lowest BCUT2D eigenvalue weighted by molar-refractivity contribution is -0.385. The van der Waals surface area contributed by atoms with Crippen LogP contribution in [0.5, 0.6) is 0 Å². The summed E-state index contributed by atoms with van der Waals surface area (Å²) in [5.41, 5.74) is 1.89. The number of aromatic amines is 2. The molecule has 218 valence electrons. The topological polar surface area (TPSA) is 196 Å². The van der Waals surface area contributed by atoms with Crippen LogP contribution in [-0.4, -0.2) is 41.7 Å². The molecule has 0 amide bonds.